The Morgan fingerprint density at radius 3 is 2.47 bits per heavy atom. The highest BCUT2D eigenvalue weighted by Gasteiger charge is 2.26. The highest BCUT2D eigenvalue weighted by molar-refractivity contribution is 7.89. The molecule has 182 valence electrons. The summed E-state index contributed by atoms with van der Waals surface area (Å²) in [7, 11) is -3.48. The molecular formula is C24H28N2O7S. The predicted molar refractivity (Wildman–Crippen MR) is 124 cm³/mol. The van der Waals surface area contributed by atoms with Crippen LogP contribution in [0, 0.1) is 0 Å². The van der Waals surface area contributed by atoms with Gasteiger partial charge in [-0.25, -0.2) is 8.42 Å². The van der Waals surface area contributed by atoms with Gasteiger partial charge in [-0.15, -0.1) is 0 Å². The molecular weight excluding hydrogens is 460 g/mol. The lowest BCUT2D eigenvalue weighted by molar-refractivity contribution is -0.153. The zero-order chi connectivity index (χ0) is 24.1. The van der Waals surface area contributed by atoms with E-state index in [0.717, 1.165) is 24.8 Å². The molecule has 2 aromatic rings. The molecule has 0 aliphatic carbocycles. The summed E-state index contributed by atoms with van der Waals surface area (Å²) in [6.45, 7) is 2.74. The van der Waals surface area contributed by atoms with Gasteiger partial charge >= 0.3 is 5.97 Å². The number of hydrogen-bond donors (Lipinski definition) is 1. The molecule has 0 aromatic heterocycles. The summed E-state index contributed by atoms with van der Waals surface area (Å²) in [5.74, 6) is 0.171. The molecule has 0 spiro atoms. The van der Waals surface area contributed by atoms with Crippen molar-refractivity contribution in [1.82, 2.24) is 4.31 Å². The fourth-order valence-electron chi connectivity index (χ4n) is 3.86. The monoisotopic (exact) mass is 488 g/mol. The lowest BCUT2D eigenvalue weighted by Crippen LogP contribution is -2.35. The Kier molecular flexibility index (Phi) is 7.38. The van der Waals surface area contributed by atoms with E-state index in [4.69, 9.17) is 14.2 Å². The second kappa shape index (κ2) is 10.4. The molecule has 0 bridgehead atoms. The van der Waals surface area contributed by atoms with Gasteiger partial charge in [0.2, 0.25) is 16.8 Å². The van der Waals surface area contributed by atoms with Crippen LogP contribution in [0.3, 0.4) is 0 Å². The number of carbonyl (C=O) groups is 2. The molecule has 34 heavy (non-hydrogen) atoms. The Labute approximate surface area is 199 Å². The van der Waals surface area contributed by atoms with Crippen LogP contribution in [0.15, 0.2) is 47.4 Å². The summed E-state index contributed by atoms with van der Waals surface area (Å²) < 4.78 is 42.8. The van der Waals surface area contributed by atoms with E-state index in [9.17, 15) is 18.0 Å². The molecule has 9 nitrogen and oxygen atoms in total. The molecule has 0 unspecified atom stereocenters. The fraction of sp³-hybridized carbons (Fsp3) is 0.417. The SMILES string of the molecule is C[C@@H](OC(=O)CCc1ccc(S(=O)(=O)N2CCCCC2)cc1)C(=O)Nc1ccc2c(c1)OCO2. The molecule has 0 radical (unpaired) electrons. The zero-order valence-electron chi connectivity index (χ0n) is 19.0. The number of hydrogen-bond acceptors (Lipinski definition) is 7. The van der Waals surface area contributed by atoms with E-state index in [-0.39, 0.29) is 18.1 Å². The van der Waals surface area contributed by atoms with Crippen LogP contribution in [0.1, 0.15) is 38.2 Å². The normalized spacial score (nSPS) is 16.6. The van der Waals surface area contributed by atoms with Crippen molar-refractivity contribution in [2.24, 2.45) is 0 Å². The number of fused-ring (bicyclic) bond motifs is 1. The topological polar surface area (TPSA) is 111 Å². The zero-order valence-corrected chi connectivity index (χ0v) is 19.8. The van der Waals surface area contributed by atoms with E-state index in [2.05, 4.69) is 5.32 Å². The Hall–Kier alpha value is -3.11. The van der Waals surface area contributed by atoms with Gasteiger partial charge in [0.05, 0.1) is 4.90 Å². The van der Waals surface area contributed by atoms with Crippen molar-refractivity contribution in [1.29, 1.82) is 0 Å². The van der Waals surface area contributed by atoms with E-state index in [0.29, 0.717) is 36.7 Å². The van der Waals surface area contributed by atoms with Crippen molar-refractivity contribution < 1.29 is 32.2 Å². The van der Waals surface area contributed by atoms with Crippen LogP contribution in [0.5, 0.6) is 11.5 Å². The van der Waals surface area contributed by atoms with Gasteiger partial charge in [-0.2, -0.15) is 4.31 Å². The Balaban J connectivity index is 1.25. The molecule has 1 saturated heterocycles. The van der Waals surface area contributed by atoms with Crippen LogP contribution in [0.25, 0.3) is 0 Å². The lowest BCUT2D eigenvalue weighted by atomic mass is 10.1. The van der Waals surface area contributed by atoms with Crippen molar-refractivity contribution in [3.05, 3.63) is 48.0 Å². The highest BCUT2D eigenvalue weighted by atomic mass is 32.2. The first kappa shape index (κ1) is 24.0. The molecule has 4 rings (SSSR count). The van der Waals surface area contributed by atoms with Crippen molar-refractivity contribution in [2.75, 3.05) is 25.2 Å². The number of carbonyl (C=O) groups excluding carboxylic acids is 2. The smallest absolute Gasteiger partial charge is 0.306 e. The summed E-state index contributed by atoms with van der Waals surface area (Å²) in [5.41, 5.74) is 1.32. The summed E-state index contributed by atoms with van der Waals surface area (Å²) in [6, 6.07) is 11.6. The van der Waals surface area contributed by atoms with Gasteiger partial charge in [-0.3, -0.25) is 9.59 Å². The maximum Gasteiger partial charge on any atom is 0.306 e. The number of aryl methyl sites for hydroxylation is 1. The molecule has 2 heterocycles. The average Bonchev–Trinajstić information content (AvgIpc) is 3.31. The lowest BCUT2D eigenvalue weighted by Gasteiger charge is -2.25. The van der Waals surface area contributed by atoms with Gasteiger partial charge in [0.25, 0.3) is 5.91 Å². The van der Waals surface area contributed by atoms with Crippen LogP contribution in [-0.2, 0) is 30.8 Å². The standard InChI is InChI=1S/C24H28N2O7S/c1-17(24(28)25-19-8-11-21-22(15-19)32-16-31-21)33-23(27)12-7-18-5-9-20(10-6-18)34(29,30)26-13-3-2-4-14-26/h5-6,8-11,15,17H,2-4,7,12-14,16H2,1H3,(H,25,28)/t17-/m1/s1. The van der Waals surface area contributed by atoms with E-state index < -0.39 is 28.0 Å². The largest absolute Gasteiger partial charge is 0.454 e. The van der Waals surface area contributed by atoms with Gasteiger partial charge in [0.1, 0.15) is 0 Å². The molecule has 0 saturated carbocycles. The van der Waals surface area contributed by atoms with Gasteiger partial charge in [0, 0.05) is 31.3 Å². The second-order valence-corrected chi connectivity index (χ2v) is 10.2. The van der Waals surface area contributed by atoms with Crippen LogP contribution < -0.4 is 14.8 Å². The fourth-order valence-corrected chi connectivity index (χ4v) is 5.37. The first-order chi connectivity index (χ1) is 16.3. The average molecular weight is 489 g/mol. The molecule has 1 atom stereocenters. The summed E-state index contributed by atoms with van der Waals surface area (Å²) in [6.07, 6.45) is 2.29. The Bertz CT molecular complexity index is 1140. The van der Waals surface area contributed by atoms with Crippen molar-refractivity contribution in [2.45, 2.75) is 50.0 Å². The minimum Gasteiger partial charge on any atom is -0.454 e. The number of anilines is 1. The van der Waals surface area contributed by atoms with E-state index in [1.165, 1.54) is 11.2 Å². The molecule has 2 aliphatic rings. The number of sulfonamides is 1. The Morgan fingerprint density at radius 2 is 1.74 bits per heavy atom. The number of nitrogens with zero attached hydrogens (tertiary/aromatic N) is 1. The minimum atomic E-state index is -3.48. The van der Waals surface area contributed by atoms with E-state index in [1.807, 2.05) is 0 Å². The number of esters is 1. The number of nitrogens with one attached hydrogen (secondary N) is 1. The van der Waals surface area contributed by atoms with Gasteiger partial charge in [0.15, 0.2) is 17.6 Å². The molecule has 1 fully saturated rings. The number of piperidine rings is 1. The first-order valence-electron chi connectivity index (χ1n) is 11.3. The van der Waals surface area contributed by atoms with E-state index in [1.54, 1.807) is 42.5 Å². The Morgan fingerprint density at radius 1 is 1.03 bits per heavy atom. The number of ether oxygens (including phenoxy) is 3. The van der Waals surface area contributed by atoms with E-state index >= 15 is 0 Å². The highest BCUT2D eigenvalue weighted by Crippen LogP contribution is 2.34. The molecule has 2 aliphatic heterocycles. The predicted octanol–water partition coefficient (Wildman–Crippen LogP) is 3.09. The molecule has 1 N–H and O–H groups in total. The maximum atomic E-state index is 12.7. The second-order valence-electron chi connectivity index (χ2n) is 8.30. The summed E-state index contributed by atoms with van der Waals surface area (Å²) in [4.78, 5) is 24.9. The number of benzene rings is 2. The summed E-state index contributed by atoms with van der Waals surface area (Å²) in [5, 5.41) is 2.69. The number of rotatable bonds is 8. The molecule has 10 heteroatoms. The van der Waals surface area contributed by atoms with Crippen molar-refractivity contribution in [3.8, 4) is 11.5 Å². The van der Waals surface area contributed by atoms with Crippen LogP contribution in [-0.4, -0.2) is 50.6 Å². The first-order valence-corrected chi connectivity index (χ1v) is 12.8. The van der Waals surface area contributed by atoms with Crippen molar-refractivity contribution in [3.63, 3.8) is 0 Å². The van der Waals surface area contributed by atoms with Crippen LogP contribution in [0.2, 0.25) is 0 Å². The molecule has 2 aromatic carbocycles. The van der Waals surface area contributed by atoms with Crippen LogP contribution in [0.4, 0.5) is 5.69 Å². The maximum absolute atomic E-state index is 12.7. The summed E-state index contributed by atoms with van der Waals surface area (Å²) >= 11 is 0. The van der Waals surface area contributed by atoms with Crippen molar-refractivity contribution >= 4 is 27.6 Å². The minimum absolute atomic E-state index is 0.0693. The van der Waals surface area contributed by atoms with Gasteiger partial charge < -0.3 is 19.5 Å². The quantitative estimate of drug-likeness (QED) is 0.569. The van der Waals surface area contributed by atoms with Gasteiger partial charge in [-0.1, -0.05) is 18.6 Å². The third-order valence-corrected chi connectivity index (χ3v) is 7.72. The van der Waals surface area contributed by atoms with Crippen LogP contribution >= 0.6 is 0 Å². The number of amides is 1. The van der Waals surface area contributed by atoms with Gasteiger partial charge in [-0.05, 0) is 56.0 Å². The third-order valence-electron chi connectivity index (χ3n) is 5.81. The third kappa shape index (κ3) is 5.68. The molecule has 1 amide bonds.